The van der Waals surface area contributed by atoms with E-state index in [9.17, 15) is 14.9 Å². The summed E-state index contributed by atoms with van der Waals surface area (Å²) < 4.78 is 5.48. The number of fused-ring (bicyclic) bond motifs is 1. The predicted molar refractivity (Wildman–Crippen MR) is 131 cm³/mol. The molecule has 6 nitrogen and oxygen atoms in total. The number of ether oxygens (including phenoxy) is 1. The lowest BCUT2D eigenvalue weighted by Gasteiger charge is -2.25. The number of amides is 2. The second-order valence-electron chi connectivity index (χ2n) is 7.53. The van der Waals surface area contributed by atoms with Gasteiger partial charge in [-0.25, -0.2) is 0 Å². The summed E-state index contributed by atoms with van der Waals surface area (Å²) in [6, 6.07) is 23.2. The third kappa shape index (κ3) is 5.18. The van der Waals surface area contributed by atoms with E-state index in [4.69, 9.17) is 4.74 Å². The Morgan fingerprint density at radius 2 is 1.91 bits per heavy atom. The molecule has 1 heterocycles. The summed E-state index contributed by atoms with van der Waals surface area (Å²) in [5.41, 5.74) is 2.05. The number of nitrogens with one attached hydrogen (secondary N) is 2. The molecule has 2 amide bonds. The number of anilines is 1. The van der Waals surface area contributed by atoms with Crippen LogP contribution in [-0.4, -0.2) is 24.2 Å². The van der Waals surface area contributed by atoms with Crippen molar-refractivity contribution in [2.24, 2.45) is 0 Å². The van der Waals surface area contributed by atoms with Crippen LogP contribution in [0.1, 0.15) is 24.8 Å². The molecule has 1 aliphatic heterocycles. The number of hydrogen-bond acceptors (Lipinski definition) is 5. The third-order valence-corrected chi connectivity index (χ3v) is 6.38. The van der Waals surface area contributed by atoms with Crippen molar-refractivity contribution in [2.75, 3.05) is 17.7 Å². The highest BCUT2D eigenvalue weighted by atomic mass is 32.2. The Balaban J connectivity index is 1.50. The molecule has 1 aliphatic rings. The highest BCUT2D eigenvalue weighted by Crippen LogP contribution is 2.36. The van der Waals surface area contributed by atoms with Crippen LogP contribution >= 0.6 is 11.8 Å². The van der Waals surface area contributed by atoms with Crippen LogP contribution in [0.2, 0.25) is 0 Å². The minimum atomic E-state index is -0.358. The zero-order chi connectivity index (χ0) is 23.2. The highest BCUT2D eigenvalue weighted by Gasteiger charge is 2.30. The zero-order valence-electron chi connectivity index (χ0n) is 18.1. The van der Waals surface area contributed by atoms with Crippen molar-refractivity contribution >= 4 is 40.0 Å². The van der Waals surface area contributed by atoms with E-state index in [0.29, 0.717) is 17.2 Å². The maximum atomic E-state index is 12.7. The summed E-state index contributed by atoms with van der Waals surface area (Å²) >= 11 is 1.16. The van der Waals surface area contributed by atoms with E-state index in [1.807, 2.05) is 73.7 Å². The largest absolute Gasteiger partial charge is 0.494 e. The van der Waals surface area contributed by atoms with Crippen LogP contribution < -0.4 is 15.4 Å². The van der Waals surface area contributed by atoms with Crippen molar-refractivity contribution in [3.63, 3.8) is 0 Å². The van der Waals surface area contributed by atoms with Gasteiger partial charge in [0.15, 0.2) is 0 Å². The summed E-state index contributed by atoms with van der Waals surface area (Å²) in [6.45, 7) is 2.48. The van der Waals surface area contributed by atoms with Gasteiger partial charge in [-0.15, -0.1) is 0 Å². The number of hydrogen-bond donors (Lipinski definition) is 2. The molecule has 0 aromatic heterocycles. The van der Waals surface area contributed by atoms with Gasteiger partial charge in [-0.3, -0.25) is 9.59 Å². The monoisotopic (exact) mass is 457 g/mol. The topological polar surface area (TPSA) is 91.2 Å². The Kier molecular flexibility index (Phi) is 6.96. The van der Waals surface area contributed by atoms with E-state index in [2.05, 4.69) is 16.7 Å². The van der Waals surface area contributed by atoms with Gasteiger partial charge >= 0.3 is 0 Å². The minimum Gasteiger partial charge on any atom is -0.494 e. The van der Waals surface area contributed by atoms with E-state index in [1.165, 1.54) is 0 Å². The number of carbonyl (C=O) groups is 2. The zero-order valence-corrected chi connectivity index (χ0v) is 18.9. The quantitative estimate of drug-likeness (QED) is 0.524. The Morgan fingerprint density at radius 1 is 1.15 bits per heavy atom. The molecule has 4 rings (SSSR count). The lowest BCUT2D eigenvalue weighted by atomic mass is 9.87. The molecular weight excluding hydrogens is 434 g/mol. The fourth-order valence-electron chi connectivity index (χ4n) is 3.84. The fraction of sp³-hybridized carbons (Fsp3) is 0.192. The van der Waals surface area contributed by atoms with Gasteiger partial charge in [-0.1, -0.05) is 60.3 Å². The Morgan fingerprint density at radius 3 is 2.67 bits per heavy atom. The normalized spacial score (nSPS) is 15.6. The number of rotatable bonds is 7. The highest BCUT2D eigenvalue weighted by molar-refractivity contribution is 8.03. The molecule has 0 radical (unpaired) electrons. The Bertz CT molecular complexity index is 1260. The molecule has 166 valence electrons. The van der Waals surface area contributed by atoms with Crippen LogP contribution in [0.5, 0.6) is 5.75 Å². The molecule has 0 aliphatic carbocycles. The standard InChI is InChI=1S/C26H23N3O3S/c1-2-32-19-12-10-18(11-13-19)21-14-24(30)29-26(22(21)15-27)33-16-25(31)28-23-9-5-7-17-6-3-4-8-20(17)23/h3-13,21H,2,14,16H2,1H3,(H,28,31)(H,29,30)/t21-/m1/s1. The maximum Gasteiger partial charge on any atom is 0.234 e. The summed E-state index contributed by atoms with van der Waals surface area (Å²) in [6.07, 6.45) is 0.184. The van der Waals surface area contributed by atoms with Crippen molar-refractivity contribution in [1.29, 1.82) is 5.26 Å². The van der Waals surface area contributed by atoms with Gasteiger partial charge in [0, 0.05) is 23.4 Å². The minimum absolute atomic E-state index is 0.0695. The molecule has 0 saturated carbocycles. The molecule has 0 fully saturated rings. The molecule has 0 unspecified atom stereocenters. The van der Waals surface area contributed by atoms with Crippen LogP contribution in [0.25, 0.3) is 10.8 Å². The van der Waals surface area contributed by atoms with Crippen molar-refractivity contribution in [3.8, 4) is 11.8 Å². The molecule has 2 N–H and O–H groups in total. The van der Waals surface area contributed by atoms with Gasteiger partial charge in [0.2, 0.25) is 11.8 Å². The first-order chi connectivity index (χ1) is 16.1. The number of nitrogens with zero attached hydrogens (tertiary/aromatic N) is 1. The predicted octanol–water partition coefficient (Wildman–Crippen LogP) is 4.95. The first kappa shape index (κ1) is 22.4. The maximum absolute atomic E-state index is 12.7. The van der Waals surface area contributed by atoms with E-state index in [-0.39, 0.29) is 29.9 Å². The third-order valence-electron chi connectivity index (χ3n) is 5.36. The van der Waals surface area contributed by atoms with Gasteiger partial charge in [0.25, 0.3) is 0 Å². The van der Waals surface area contributed by atoms with Gasteiger partial charge in [0.1, 0.15) is 5.75 Å². The average Bonchev–Trinajstić information content (AvgIpc) is 2.83. The van der Waals surface area contributed by atoms with Crippen LogP contribution in [0.3, 0.4) is 0 Å². The number of nitriles is 1. The van der Waals surface area contributed by atoms with Crippen molar-refractivity contribution in [3.05, 3.63) is 82.9 Å². The average molecular weight is 458 g/mol. The number of carbonyl (C=O) groups excluding carboxylic acids is 2. The summed E-state index contributed by atoms with van der Waals surface area (Å²) in [5, 5.41) is 18.0. The molecule has 3 aromatic carbocycles. The molecule has 33 heavy (non-hydrogen) atoms. The van der Waals surface area contributed by atoms with Gasteiger partial charge in [0.05, 0.1) is 29.0 Å². The summed E-state index contributed by atoms with van der Waals surface area (Å²) in [7, 11) is 0. The van der Waals surface area contributed by atoms with E-state index >= 15 is 0 Å². The fourth-order valence-corrected chi connectivity index (χ4v) is 4.72. The first-order valence-electron chi connectivity index (χ1n) is 10.7. The second-order valence-corrected chi connectivity index (χ2v) is 8.51. The SMILES string of the molecule is CCOc1ccc([C@H]2CC(=O)NC(SCC(=O)Nc3cccc4ccccc34)=C2C#N)cc1. The molecule has 7 heteroatoms. The molecule has 0 saturated heterocycles. The summed E-state index contributed by atoms with van der Waals surface area (Å²) in [4.78, 5) is 25.0. The first-order valence-corrected chi connectivity index (χ1v) is 11.6. The lowest BCUT2D eigenvalue weighted by Crippen LogP contribution is -2.31. The number of thioether (sulfide) groups is 1. The van der Waals surface area contributed by atoms with E-state index < -0.39 is 0 Å². The second kappa shape index (κ2) is 10.2. The number of benzene rings is 3. The number of allylic oxidation sites excluding steroid dienone is 1. The van der Waals surface area contributed by atoms with Crippen LogP contribution in [-0.2, 0) is 9.59 Å². The molecule has 1 atom stereocenters. The van der Waals surface area contributed by atoms with Crippen molar-refractivity contribution < 1.29 is 14.3 Å². The van der Waals surface area contributed by atoms with Crippen molar-refractivity contribution in [2.45, 2.75) is 19.3 Å². The van der Waals surface area contributed by atoms with Crippen molar-refractivity contribution in [1.82, 2.24) is 5.32 Å². The van der Waals surface area contributed by atoms with E-state index in [1.54, 1.807) is 0 Å². The lowest BCUT2D eigenvalue weighted by molar-refractivity contribution is -0.121. The van der Waals surface area contributed by atoms with Gasteiger partial charge < -0.3 is 15.4 Å². The van der Waals surface area contributed by atoms with Crippen LogP contribution in [0.4, 0.5) is 5.69 Å². The molecule has 0 bridgehead atoms. The molecular formula is C26H23N3O3S. The van der Waals surface area contributed by atoms with Crippen LogP contribution in [0, 0.1) is 11.3 Å². The van der Waals surface area contributed by atoms with Gasteiger partial charge in [-0.05, 0) is 36.1 Å². The summed E-state index contributed by atoms with van der Waals surface area (Å²) in [5.74, 6) is 0.0650. The Hall–Kier alpha value is -3.76. The van der Waals surface area contributed by atoms with E-state index in [0.717, 1.165) is 39.5 Å². The van der Waals surface area contributed by atoms with Crippen LogP contribution in [0.15, 0.2) is 77.3 Å². The van der Waals surface area contributed by atoms with Gasteiger partial charge in [-0.2, -0.15) is 5.26 Å². The smallest absolute Gasteiger partial charge is 0.234 e. The molecule has 3 aromatic rings. The Labute approximate surface area is 196 Å². The molecule has 0 spiro atoms.